The molecule has 9 nitrogen and oxygen atoms in total. The Hall–Kier alpha value is -3.09. The molecular formula is C22H27F3N6O3. The standard InChI is InChI=1S/C22H27F3N6O3/c1-31-21(32)19-14(26-13-8-7-12(11-33-2)9-15(13)34-3)10-18(29-20(19)30-31)28-17-6-4-5-16(27-17)22(23,24)25/h4-9,14,18-20,26,29-30H,10-11H2,1-3H3,(H,27,28). The number of anilines is 2. The van der Waals surface area contributed by atoms with Crippen molar-refractivity contribution >= 4 is 17.4 Å². The SMILES string of the molecule is COCc1ccc(NC2CC(Nc3cccc(C(F)(F)F)n3)NC3NN(C)C(=O)C23)c(OC)c1. The molecule has 2 aromatic rings. The highest BCUT2D eigenvalue weighted by Crippen LogP contribution is 2.33. The molecule has 4 atom stereocenters. The Morgan fingerprint density at radius 2 is 2.00 bits per heavy atom. The van der Waals surface area contributed by atoms with Crippen molar-refractivity contribution in [3.05, 3.63) is 47.7 Å². The number of fused-ring (bicyclic) bond motifs is 1. The molecule has 0 bridgehead atoms. The van der Waals surface area contributed by atoms with Gasteiger partial charge in [-0.25, -0.2) is 10.4 Å². The molecule has 1 amide bonds. The molecular weight excluding hydrogens is 453 g/mol. The third-order valence-corrected chi connectivity index (χ3v) is 5.89. The maximum absolute atomic E-state index is 13.1. The second-order valence-corrected chi connectivity index (χ2v) is 8.25. The lowest BCUT2D eigenvalue weighted by Gasteiger charge is -2.39. The fraction of sp³-hybridized carbons (Fsp3) is 0.455. The molecule has 4 unspecified atom stereocenters. The number of carbonyl (C=O) groups is 1. The molecule has 1 aromatic heterocycles. The summed E-state index contributed by atoms with van der Waals surface area (Å²) in [6, 6.07) is 8.97. The van der Waals surface area contributed by atoms with Crippen LogP contribution in [0.2, 0.25) is 0 Å². The summed E-state index contributed by atoms with van der Waals surface area (Å²) in [6.07, 6.45) is -5.03. The molecule has 2 aliphatic heterocycles. The molecule has 2 saturated heterocycles. The monoisotopic (exact) mass is 480 g/mol. The summed E-state index contributed by atoms with van der Waals surface area (Å²) in [7, 11) is 4.80. The highest BCUT2D eigenvalue weighted by Gasteiger charge is 2.48. The number of alkyl halides is 3. The van der Waals surface area contributed by atoms with Gasteiger partial charge in [-0.15, -0.1) is 0 Å². The third kappa shape index (κ3) is 5.03. The lowest BCUT2D eigenvalue weighted by molar-refractivity contribution is -0.141. The Morgan fingerprint density at radius 1 is 1.21 bits per heavy atom. The number of halogens is 3. The molecule has 34 heavy (non-hydrogen) atoms. The Morgan fingerprint density at radius 3 is 2.71 bits per heavy atom. The van der Waals surface area contributed by atoms with Crippen LogP contribution >= 0.6 is 0 Å². The normalized spacial score (nSPS) is 24.6. The number of pyridine rings is 1. The number of nitrogens with zero attached hydrogens (tertiary/aromatic N) is 2. The Bertz CT molecular complexity index is 1040. The first-order valence-corrected chi connectivity index (χ1v) is 10.7. The summed E-state index contributed by atoms with van der Waals surface area (Å²) >= 11 is 0. The van der Waals surface area contributed by atoms with Crippen molar-refractivity contribution in [3.63, 3.8) is 0 Å². The van der Waals surface area contributed by atoms with E-state index in [4.69, 9.17) is 9.47 Å². The first-order valence-electron chi connectivity index (χ1n) is 10.7. The largest absolute Gasteiger partial charge is 0.495 e. The summed E-state index contributed by atoms with van der Waals surface area (Å²) in [5.41, 5.74) is 3.73. The van der Waals surface area contributed by atoms with Crippen molar-refractivity contribution in [1.29, 1.82) is 0 Å². The van der Waals surface area contributed by atoms with Crippen LogP contribution in [0, 0.1) is 5.92 Å². The Kier molecular flexibility index (Phi) is 6.82. The van der Waals surface area contributed by atoms with Crippen molar-refractivity contribution in [2.75, 3.05) is 31.9 Å². The number of rotatable bonds is 7. The van der Waals surface area contributed by atoms with Crippen LogP contribution in [0.25, 0.3) is 0 Å². The van der Waals surface area contributed by atoms with E-state index in [0.29, 0.717) is 24.5 Å². The highest BCUT2D eigenvalue weighted by molar-refractivity contribution is 5.82. The van der Waals surface area contributed by atoms with Crippen LogP contribution in [0.4, 0.5) is 24.7 Å². The van der Waals surface area contributed by atoms with Crippen LogP contribution in [-0.2, 0) is 22.3 Å². The molecule has 2 fully saturated rings. The van der Waals surface area contributed by atoms with Crippen molar-refractivity contribution in [2.45, 2.75) is 37.6 Å². The third-order valence-electron chi connectivity index (χ3n) is 5.89. The second kappa shape index (κ2) is 9.65. The number of amides is 1. The van der Waals surface area contributed by atoms with Crippen molar-refractivity contribution in [1.82, 2.24) is 20.7 Å². The summed E-state index contributed by atoms with van der Waals surface area (Å²) in [5, 5.41) is 11.1. The number of benzene rings is 1. The van der Waals surface area contributed by atoms with Crippen LogP contribution in [0.1, 0.15) is 17.7 Å². The zero-order valence-electron chi connectivity index (χ0n) is 18.9. The topological polar surface area (TPSA) is 99.8 Å². The number of piperidine rings is 1. The number of carbonyl (C=O) groups excluding carboxylic acids is 1. The predicted octanol–water partition coefficient (Wildman–Crippen LogP) is 2.39. The van der Waals surface area contributed by atoms with Gasteiger partial charge in [-0.1, -0.05) is 12.1 Å². The Balaban J connectivity index is 1.57. The van der Waals surface area contributed by atoms with Gasteiger partial charge in [-0.05, 0) is 29.8 Å². The molecule has 0 radical (unpaired) electrons. The number of nitrogens with one attached hydrogen (secondary N) is 4. The summed E-state index contributed by atoms with van der Waals surface area (Å²) in [4.78, 5) is 16.5. The maximum Gasteiger partial charge on any atom is 0.433 e. The van der Waals surface area contributed by atoms with Gasteiger partial charge in [0.2, 0.25) is 5.91 Å². The van der Waals surface area contributed by atoms with Crippen LogP contribution in [-0.4, -0.2) is 55.5 Å². The number of hydrazine groups is 1. The van der Waals surface area contributed by atoms with E-state index in [-0.39, 0.29) is 17.8 Å². The lowest BCUT2D eigenvalue weighted by atomic mass is 9.88. The fourth-order valence-electron chi connectivity index (χ4n) is 4.36. The average Bonchev–Trinajstić information content (AvgIpc) is 3.08. The molecule has 184 valence electrons. The quantitative estimate of drug-likeness (QED) is 0.480. The van der Waals surface area contributed by atoms with E-state index in [0.717, 1.165) is 11.6 Å². The van der Waals surface area contributed by atoms with Crippen LogP contribution in [0.3, 0.4) is 0 Å². The predicted molar refractivity (Wildman–Crippen MR) is 119 cm³/mol. The Labute approximate surface area is 195 Å². The van der Waals surface area contributed by atoms with Gasteiger partial charge in [0.1, 0.15) is 17.3 Å². The number of methoxy groups -OCH3 is 2. The lowest BCUT2D eigenvalue weighted by Crippen LogP contribution is -2.60. The van der Waals surface area contributed by atoms with Crippen LogP contribution in [0.15, 0.2) is 36.4 Å². The second-order valence-electron chi connectivity index (χ2n) is 8.25. The van der Waals surface area contributed by atoms with Crippen LogP contribution < -0.4 is 26.1 Å². The van der Waals surface area contributed by atoms with E-state index in [1.807, 2.05) is 18.2 Å². The molecule has 12 heteroatoms. The van der Waals surface area contributed by atoms with E-state index >= 15 is 0 Å². The smallest absolute Gasteiger partial charge is 0.433 e. The van der Waals surface area contributed by atoms with Crippen LogP contribution in [0.5, 0.6) is 5.75 Å². The first-order chi connectivity index (χ1) is 16.2. The van der Waals surface area contributed by atoms with E-state index < -0.39 is 30.1 Å². The van der Waals surface area contributed by atoms with E-state index in [9.17, 15) is 18.0 Å². The highest BCUT2D eigenvalue weighted by atomic mass is 19.4. The molecule has 0 aliphatic carbocycles. The number of aromatic nitrogens is 1. The zero-order valence-corrected chi connectivity index (χ0v) is 18.9. The van der Waals surface area contributed by atoms with E-state index in [1.54, 1.807) is 21.3 Å². The van der Waals surface area contributed by atoms with Gasteiger partial charge in [0.05, 0.1) is 37.7 Å². The summed E-state index contributed by atoms with van der Waals surface area (Å²) in [5.74, 6) is 0.144. The number of hydrogen-bond acceptors (Lipinski definition) is 8. The van der Waals surface area contributed by atoms with Gasteiger partial charge in [-0.2, -0.15) is 13.2 Å². The van der Waals surface area contributed by atoms with Gasteiger partial charge in [-0.3, -0.25) is 15.1 Å². The minimum Gasteiger partial charge on any atom is -0.495 e. The fourth-order valence-corrected chi connectivity index (χ4v) is 4.36. The molecule has 0 saturated carbocycles. The average molecular weight is 480 g/mol. The van der Waals surface area contributed by atoms with Crippen molar-refractivity contribution < 1.29 is 27.4 Å². The zero-order chi connectivity index (χ0) is 24.5. The molecule has 4 N–H and O–H groups in total. The van der Waals surface area contributed by atoms with Gasteiger partial charge in [0, 0.05) is 26.6 Å². The van der Waals surface area contributed by atoms with Gasteiger partial charge in [0.15, 0.2) is 0 Å². The summed E-state index contributed by atoms with van der Waals surface area (Å²) in [6.45, 7) is 0.428. The molecule has 3 heterocycles. The maximum atomic E-state index is 13.1. The van der Waals surface area contributed by atoms with E-state index in [1.165, 1.54) is 17.1 Å². The molecule has 2 aliphatic rings. The molecule has 1 aromatic carbocycles. The minimum atomic E-state index is -4.54. The molecule has 4 rings (SSSR count). The number of hydrogen-bond donors (Lipinski definition) is 4. The van der Waals surface area contributed by atoms with Gasteiger partial charge < -0.3 is 20.1 Å². The van der Waals surface area contributed by atoms with E-state index in [2.05, 4.69) is 26.4 Å². The summed E-state index contributed by atoms with van der Waals surface area (Å²) < 4.78 is 49.9. The number of ether oxygens (including phenoxy) is 2. The minimum absolute atomic E-state index is 0.0868. The van der Waals surface area contributed by atoms with Crippen molar-refractivity contribution in [2.24, 2.45) is 5.92 Å². The molecule has 0 spiro atoms. The first kappa shape index (κ1) is 24.0. The van der Waals surface area contributed by atoms with Gasteiger partial charge >= 0.3 is 6.18 Å². The van der Waals surface area contributed by atoms with Gasteiger partial charge in [0.25, 0.3) is 0 Å². The van der Waals surface area contributed by atoms with Crippen molar-refractivity contribution in [3.8, 4) is 5.75 Å².